The van der Waals surface area contributed by atoms with Gasteiger partial charge in [0, 0.05) is 13.7 Å². The molecule has 0 aliphatic heterocycles. The predicted octanol–water partition coefficient (Wildman–Crippen LogP) is 3.28. The second kappa shape index (κ2) is 9.78. The van der Waals surface area contributed by atoms with Crippen LogP contribution in [-0.4, -0.2) is 32.9 Å². The van der Waals surface area contributed by atoms with Crippen LogP contribution in [0.25, 0.3) is 0 Å². The Labute approximate surface area is 123 Å². The highest BCUT2D eigenvalue weighted by Crippen LogP contribution is 2.15. The fraction of sp³-hybridized carbons (Fsp3) is 0.647. The van der Waals surface area contributed by atoms with Gasteiger partial charge in [-0.3, -0.25) is 0 Å². The molecule has 1 unspecified atom stereocenters. The van der Waals surface area contributed by atoms with Crippen molar-refractivity contribution in [2.24, 2.45) is 5.92 Å². The van der Waals surface area contributed by atoms with E-state index in [1.54, 1.807) is 7.11 Å². The van der Waals surface area contributed by atoms with Gasteiger partial charge in [-0.1, -0.05) is 32.9 Å². The lowest BCUT2D eigenvalue weighted by molar-refractivity contribution is 0.191. The molecular weight excluding hydrogens is 250 g/mol. The molecular formula is C17H29NO2. The van der Waals surface area contributed by atoms with Gasteiger partial charge in [0.15, 0.2) is 0 Å². The summed E-state index contributed by atoms with van der Waals surface area (Å²) >= 11 is 0. The molecule has 1 N–H and O–H groups in total. The lowest BCUT2D eigenvalue weighted by Gasteiger charge is -2.19. The Hall–Kier alpha value is -1.06. The third-order valence-corrected chi connectivity index (χ3v) is 3.20. The van der Waals surface area contributed by atoms with Gasteiger partial charge in [0.25, 0.3) is 0 Å². The number of hydrogen-bond donors (Lipinski definition) is 1. The van der Waals surface area contributed by atoms with Gasteiger partial charge >= 0.3 is 0 Å². The Balaban J connectivity index is 2.40. The topological polar surface area (TPSA) is 30.5 Å². The molecule has 1 rings (SSSR count). The SMILES string of the molecule is CCC(CNCC(C)C)Oc1ccc(CCOC)cc1. The average molecular weight is 279 g/mol. The Kier molecular flexibility index (Phi) is 8.31. The lowest BCUT2D eigenvalue weighted by Crippen LogP contribution is -2.33. The monoisotopic (exact) mass is 279 g/mol. The number of benzene rings is 1. The molecule has 0 amide bonds. The third kappa shape index (κ3) is 6.92. The van der Waals surface area contributed by atoms with Crippen LogP contribution < -0.4 is 10.1 Å². The Morgan fingerprint density at radius 3 is 2.35 bits per heavy atom. The summed E-state index contributed by atoms with van der Waals surface area (Å²) in [4.78, 5) is 0. The molecule has 0 radical (unpaired) electrons. The van der Waals surface area contributed by atoms with Gasteiger partial charge < -0.3 is 14.8 Å². The highest BCUT2D eigenvalue weighted by Gasteiger charge is 2.08. The number of hydrogen-bond acceptors (Lipinski definition) is 3. The largest absolute Gasteiger partial charge is 0.489 e. The Morgan fingerprint density at radius 1 is 1.10 bits per heavy atom. The highest BCUT2D eigenvalue weighted by atomic mass is 16.5. The maximum atomic E-state index is 6.01. The molecule has 0 fully saturated rings. The zero-order valence-corrected chi connectivity index (χ0v) is 13.3. The molecule has 3 nitrogen and oxygen atoms in total. The predicted molar refractivity (Wildman–Crippen MR) is 84.4 cm³/mol. The van der Waals surface area contributed by atoms with Gasteiger partial charge in [-0.25, -0.2) is 0 Å². The summed E-state index contributed by atoms with van der Waals surface area (Å²) in [6, 6.07) is 8.33. The van der Waals surface area contributed by atoms with Crippen LogP contribution >= 0.6 is 0 Å². The standard InChI is InChI=1S/C17H29NO2/c1-5-16(13-18-12-14(2)3)20-17-8-6-15(7-9-17)10-11-19-4/h6-9,14,16,18H,5,10-13H2,1-4H3. The van der Waals surface area contributed by atoms with Crippen molar-refractivity contribution < 1.29 is 9.47 Å². The molecule has 0 spiro atoms. The fourth-order valence-electron chi connectivity index (χ4n) is 1.95. The summed E-state index contributed by atoms with van der Waals surface area (Å²) in [6.07, 6.45) is 2.19. The first-order valence-electron chi connectivity index (χ1n) is 7.61. The smallest absolute Gasteiger partial charge is 0.119 e. The van der Waals surface area contributed by atoms with Gasteiger partial charge in [-0.2, -0.15) is 0 Å². The summed E-state index contributed by atoms with van der Waals surface area (Å²) in [5.74, 6) is 1.62. The molecule has 1 aromatic rings. The number of methoxy groups -OCH3 is 1. The molecule has 0 aliphatic rings. The number of nitrogens with one attached hydrogen (secondary N) is 1. The molecule has 20 heavy (non-hydrogen) atoms. The van der Waals surface area contributed by atoms with Crippen molar-refractivity contribution in [3.05, 3.63) is 29.8 Å². The molecule has 1 atom stereocenters. The van der Waals surface area contributed by atoms with Crippen molar-refractivity contribution in [2.45, 2.75) is 39.7 Å². The number of rotatable bonds is 10. The van der Waals surface area contributed by atoms with Crippen molar-refractivity contribution in [1.29, 1.82) is 0 Å². The lowest BCUT2D eigenvalue weighted by atomic mass is 10.1. The van der Waals surface area contributed by atoms with E-state index in [4.69, 9.17) is 9.47 Å². The van der Waals surface area contributed by atoms with Crippen LogP contribution in [0.5, 0.6) is 5.75 Å². The van der Waals surface area contributed by atoms with Crippen molar-refractivity contribution in [3.63, 3.8) is 0 Å². The quantitative estimate of drug-likeness (QED) is 0.713. The van der Waals surface area contributed by atoms with Gasteiger partial charge in [-0.15, -0.1) is 0 Å². The summed E-state index contributed by atoms with van der Waals surface area (Å²) in [7, 11) is 1.73. The third-order valence-electron chi connectivity index (χ3n) is 3.20. The van der Waals surface area contributed by atoms with E-state index in [-0.39, 0.29) is 6.10 Å². The van der Waals surface area contributed by atoms with Gasteiger partial charge in [0.1, 0.15) is 11.9 Å². The molecule has 0 bridgehead atoms. The Bertz CT molecular complexity index is 349. The van der Waals surface area contributed by atoms with E-state index in [1.807, 2.05) is 0 Å². The highest BCUT2D eigenvalue weighted by molar-refractivity contribution is 5.27. The zero-order chi connectivity index (χ0) is 14.8. The van der Waals surface area contributed by atoms with Crippen molar-refractivity contribution >= 4 is 0 Å². The summed E-state index contributed by atoms with van der Waals surface area (Å²) in [6.45, 7) is 9.29. The van der Waals surface area contributed by atoms with Gasteiger partial charge in [0.2, 0.25) is 0 Å². The van der Waals surface area contributed by atoms with Crippen LogP contribution in [0, 0.1) is 5.92 Å². The van der Waals surface area contributed by atoms with Gasteiger partial charge in [-0.05, 0) is 43.0 Å². The maximum Gasteiger partial charge on any atom is 0.119 e. The minimum Gasteiger partial charge on any atom is -0.489 e. The van der Waals surface area contributed by atoms with E-state index in [0.717, 1.165) is 38.3 Å². The summed E-state index contributed by atoms with van der Waals surface area (Å²) < 4.78 is 11.1. The minimum absolute atomic E-state index is 0.235. The minimum atomic E-state index is 0.235. The van der Waals surface area contributed by atoms with Crippen molar-refractivity contribution in [2.75, 3.05) is 26.8 Å². The van der Waals surface area contributed by atoms with Crippen LogP contribution in [0.2, 0.25) is 0 Å². The van der Waals surface area contributed by atoms with Crippen LogP contribution in [0.4, 0.5) is 0 Å². The second-order valence-corrected chi connectivity index (χ2v) is 5.59. The first-order valence-corrected chi connectivity index (χ1v) is 7.61. The van der Waals surface area contributed by atoms with E-state index < -0.39 is 0 Å². The molecule has 0 saturated carbocycles. The van der Waals surface area contributed by atoms with Crippen LogP contribution in [0.15, 0.2) is 24.3 Å². The molecule has 3 heteroatoms. The number of ether oxygens (including phenoxy) is 2. The summed E-state index contributed by atoms with van der Waals surface area (Å²) in [5, 5.41) is 3.45. The van der Waals surface area contributed by atoms with Crippen molar-refractivity contribution in [1.82, 2.24) is 5.32 Å². The van der Waals surface area contributed by atoms with Gasteiger partial charge in [0.05, 0.1) is 6.61 Å². The molecule has 0 heterocycles. The molecule has 0 saturated heterocycles. The van der Waals surface area contributed by atoms with Crippen LogP contribution in [-0.2, 0) is 11.2 Å². The summed E-state index contributed by atoms with van der Waals surface area (Å²) in [5.41, 5.74) is 1.28. The zero-order valence-electron chi connectivity index (χ0n) is 13.3. The van der Waals surface area contributed by atoms with E-state index in [9.17, 15) is 0 Å². The van der Waals surface area contributed by atoms with E-state index in [0.29, 0.717) is 5.92 Å². The molecule has 1 aromatic carbocycles. The first-order chi connectivity index (χ1) is 9.65. The normalized spacial score (nSPS) is 12.7. The maximum absolute atomic E-state index is 6.01. The molecule has 0 aliphatic carbocycles. The van der Waals surface area contributed by atoms with Crippen LogP contribution in [0.3, 0.4) is 0 Å². The average Bonchev–Trinajstić information content (AvgIpc) is 2.45. The van der Waals surface area contributed by atoms with E-state index in [2.05, 4.69) is 50.4 Å². The van der Waals surface area contributed by atoms with Crippen molar-refractivity contribution in [3.8, 4) is 5.75 Å². The van der Waals surface area contributed by atoms with E-state index in [1.165, 1.54) is 5.56 Å². The van der Waals surface area contributed by atoms with Crippen LogP contribution in [0.1, 0.15) is 32.8 Å². The molecule has 0 aromatic heterocycles. The first kappa shape index (κ1) is 17.0. The molecule has 114 valence electrons. The fourth-order valence-corrected chi connectivity index (χ4v) is 1.95. The second-order valence-electron chi connectivity index (χ2n) is 5.59. The van der Waals surface area contributed by atoms with E-state index >= 15 is 0 Å². The Morgan fingerprint density at radius 2 is 1.80 bits per heavy atom.